The molecule has 0 aliphatic heterocycles. The Morgan fingerprint density at radius 1 is 1.15 bits per heavy atom. The first-order valence-electron chi connectivity index (χ1n) is 7.53. The second-order valence-corrected chi connectivity index (χ2v) is 5.52. The molecule has 0 radical (unpaired) electrons. The molecule has 2 aromatic rings. The van der Waals surface area contributed by atoms with Gasteiger partial charge in [-0.25, -0.2) is 4.98 Å². The molecule has 108 valence electrons. The predicted octanol–water partition coefficient (Wildman–Crippen LogP) is 3.40. The summed E-state index contributed by atoms with van der Waals surface area (Å²) in [6, 6.07) is 11.2. The highest BCUT2D eigenvalue weighted by atomic mass is 15.1. The number of imidazole rings is 1. The van der Waals surface area contributed by atoms with E-state index in [1.54, 1.807) is 0 Å². The van der Waals surface area contributed by atoms with E-state index in [0.29, 0.717) is 6.04 Å². The molecule has 0 unspecified atom stereocenters. The first-order valence-corrected chi connectivity index (χ1v) is 7.53. The number of nitrogens with zero attached hydrogens (tertiary/aromatic N) is 2. The molecule has 1 aromatic carbocycles. The van der Waals surface area contributed by atoms with Crippen LogP contribution in [0.4, 0.5) is 0 Å². The van der Waals surface area contributed by atoms with E-state index in [9.17, 15) is 0 Å². The number of unbranched alkanes of at least 4 members (excludes halogenated alkanes) is 1. The third kappa shape index (κ3) is 4.82. The van der Waals surface area contributed by atoms with Crippen molar-refractivity contribution in [3.63, 3.8) is 0 Å². The lowest BCUT2D eigenvalue weighted by molar-refractivity contribution is 0.529. The maximum absolute atomic E-state index is 4.43. The summed E-state index contributed by atoms with van der Waals surface area (Å²) in [5.41, 5.74) is 1.43. The van der Waals surface area contributed by atoms with Gasteiger partial charge in [-0.3, -0.25) is 0 Å². The predicted molar refractivity (Wildman–Crippen MR) is 83.6 cm³/mol. The van der Waals surface area contributed by atoms with Crippen molar-refractivity contribution in [1.82, 2.24) is 14.9 Å². The molecule has 3 heteroatoms. The highest BCUT2D eigenvalue weighted by molar-refractivity contribution is 5.14. The zero-order valence-corrected chi connectivity index (χ0v) is 12.5. The fourth-order valence-electron chi connectivity index (χ4n) is 2.26. The molecule has 1 aromatic heterocycles. The van der Waals surface area contributed by atoms with Crippen molar-refractivity contribution >= 4 is 0 Å². The molecule has 0 amide bonds. The molecule has 2 rings (SSSR count). The second kappa shape index (κ2) is 7.85. The van der Waals surface area contributed by atoms with Crippen molar-refractivity contribution in [2.24, 2.45) is 0 Å². The average molecular weight is 271 g/mol. The maximum Gasteiger partial charge on any atom is 0.122 e. The number of aromatic nitrogens is 2. The van der Waals surface area contributed by atoms with Gasteiger partial charge in [-0.05, 0) is 24.8 Å². The van der Waals surface area contributed by atoms with Crippen molar-refractivity contribution in [3.8, 4) is 0 Å². The molecule has 0 bridgehead atoms. The van der Waals surface area contributed by atoms with Gasteiger partial charge in [0.2, 0.25) is 0 Å². The van der Waals surface area contributed by atoms with Gasteiger partial charge in [0, 0.05) is 25.0 Å². The van der Waals surface area contributed by atoms with E-state index in [1.165, 1.54) is 18.4 Å². The molecule has 0 saturated carbocycles. The third-order valence-corrected chi connectivity index (χ3v) is 3.43. The van der Waals surface area contributed by atoms with Gasteiger partial charge in [0.05, 0.1) is 6.54 Å². The molecule has 3 nitrogen and oxygen atoms in total. The Kier molecular flexibility index (Phi) is 5.81. The lowest BCUT2D eigenvalue weighted by atomic mass is 10.1. The summed E-state index contributed by atoms with van der Waals surface area (Å²) in [5, 5.41) is 3.42. The fraction of sp³-hybridized carbons (Fsp3) is 0.471. The minimum atomic E-state index is 0.498. The second-order valence-electron chi connectivity index (χ2n) is 5.52. The van der Waals surface area contributed by atoms with E-state index in [4.69, 9.17) is 0 Å². The van der Waals surface area contributed by atoms with Gasteiger partial charge in [0.15, 0.2) is 0 Å². The van der Waals surface area contributed by atoms with Gasteiger partial charge >= 0.3 is 0 Å². The van der Waals surface area contributed by atoms with Crippen LogP contribution in [0.15, 0.2) is 42.7 Å². The van der Waals surface area contributed by atoms with Crippen LogP contribution in [0.3, 0.4) is 0 Å². The summed E-state index contributed by atoms with van der Waals surface area (Å²) < 4.78 is 2.26. The van der Waals surface area contributed by atoms with Crippen LogP contribution < -0.4 is 5.32 Å². The van der Waals surface area contributed by atoms with E-state index in [0.717, 1.165) is 25.3 Å². The van der Waals surface area contributed by atoms with Crippen LogP contribution in [0.5, 0.6) is 0 Å². The minimum Gasteiger partial charge on any atom is -0.334 e. The summed E-state index contributed by atoms with van der Waals surface area (Å²) in [6.07, 6.45) is 7.56. The molecule has 20 heavy (non-hydrogen) atoms. The molecular weight excluding hydrogens is 246 g/mol. The minimum absolute atomic E-state index is 0.498. The molecule has 1 heterocycles. The van der Waals surface area contributed by atoms with Gasteiger partial charge in [-0.2, -0.15) is 0 Å². The molecule has 1 N–H and O–H groups in total. The number of nitrogens with one attached hydrogen (secondary N) is 1. The van der Waals surface area contributed by atoms with Crippen LogP contribution in [-0.2, 0) is 19.5 Å². The zero-order chi connectivity index (χ0) is 14.2. The third-order valence-electron chi connectivity index (χ3n) is 3.43. The van der Waals surface area contributed by atoms with Crippen molar-refractivity contribution < 1.29 is 0 Å². The highest BCUT2D eigenvalue weighted by Gasteiger charge is 2.03. The number of aryl methyl sites for hydroxylation is 2. The Morgan fingerprint density at radius 3 is 2.70 bits per heavy atom. The van der Waals surface area contributed by atoms with E-state index in [1.807, 2.05) is 6.20 Å². The largest absolute Gasteiger partial charge is 0.334 e. The maximum atomic E-state index is 4.43. The van der Waals surface area contributed by atoms with E-state index < -0.39 is 0 Å². The van der Waals surface area contributed by atoms with E-state index >= 15 is 0 Å². The molecular formula is C17H25N3. The van der Waals surface area contributed by atoms with Gasteiger partial charge in [0.1, 0.15) is 5.82 Å². The smallest absolute Gasteiger partial charge is 0.122 e. The Hall–Kier alpha value is -1.61. The number of hydrogen-bond donors (Lipinski definition) is 1. The zero-order valence-electron chi connectivity index (χ0n) is 12.5. The van der Waals surface area contributed by atoms with Crippen LogP contribution >= 0.6 is 0 Å². The summed E-state index contributed by atoms with van der Waals surface area (Å²) in [4.78, 5) is 4.43. The lowest BCUT2D eigenvalue weighted by Crippen LogP contribution is -2.24. The van der Waals surface area contributed by atoms with Crippen molar-refractivity contribution in [1.29, 1.82) is 0 Å². The van der Waals surface area contributed by atoms with E-state index in [-0.39, 0.29) is 0 Å². The summed E-state index contributed by atoms with van der Waals surface area (Å²) in [5.74, 6) is 1.14. The first kappa shape index (κ1) is 14.8. The Labute approximate surface area is 122 Å². The summed E-state index contributed by atoms with van der Waals surface area (Å²) in [6.45, 7) is 6.23. The van der Waals surface area contributed by atoms with Gasteiger partial charge in [-0.1, -0.05) is 44.2 Å². The SMILES string of the molecule is CC(C)NCc1nccn1CCCCc1ccccc1. The van der Waals surface area contributed by atoms with Crippen LogP contribution in [-0.4, -0.2) is 15.6 Å². The van der Waals surface area contributed by atoms with Crippen LogP contribution in [0.2, 0.25) is 0 Å². The number of hydrogen-bond acceptors (Lipinski definition) is 2. The lowest BCUT2D eigenvalue weighted by Gasteiger charge is -2.10. The summed E-state index contributed by atoms with van der Waals surface area (Å²) >= 11 is 0. The highest BCUT2D eigenvalue weighted by Crippen LogP contribution is 2.07. The van der Waals surface area contributed by atoms with Gasteiger partial charge < -0.3 is 9.88 Å². The molecule has 0 saturated heterocycles. The topological polar surface area (TPSA) is 29.9 Å². The van der Waals surface area contributed by atoms with Crippen LogP contribution in [0.1, 0.15) is 38.1 Å². The average Bonchev–Trinajstić information content (AvgIpc) is 2.90. The van der Waals surface area contributed by atoms with Crippen molar-refractivity contribution in [3.05, 3.63) is 54.1 Å². The van der Waals surface area contributed by atoms with Crippen LogP contribution in [0.25, 0.3) is 0 Å². The fourth-order valence-corrected chi connectivity index (χ4v) is 2.26. The van der Waals surface area contributed by atoms with Crippen molar-refractivity contribution in [2.75, 3.05) is 0 Å². The Morgan fingerprint density at radius 2 is 1.95 bits per heavy atom. The van der Waals surface area contributed by atoms with Crippen LogP contribution in [0, 0.1) is 0 Å². The quantitative estimate of drug-likeness (QED) is 0.746. The number of rotatable bonds is 8. The Bertz CT molecular complexity index is 488. The number of benzene rings is 1. The monoisotopic (exact) mass is 271 g/mol. The first-order chi connectivity index (χ1) is 9.75. The van der Waals surface area contributed by atoms with Gasteiger partial charge in [-0.15, -0.1) is 0 Å². The summed E-state index contributed by atoms with van der Waals surface area (Å²) in [7, 11) is 0. The van der Waals surface area contributed by atoms with E-state index in [2.05, 4.69) is 65.2 Å². The molecule has 0 aliphatic rings. The molecule has 0 atom stereocenters. The Balaban J connectivity index is 1.73. The normalized spacial score (nSPS) is 11.2. The van der Waals surface area contributed by atoms with Crippen molar-refractivity contribution in [2.45, 2.75) is 52.2 Å². The molecule has 0 spiro atoms. The standard InChI is InChI=1S/C17H25N3/c1-15(2)19-14-17-18-11-13-20(17)12-7-6-10-16-8-4-3-5-9-16/h3-5,8-9,11,13,15,19H,6-7,10,12,14H2,1-2H3. The molecule has 0 fully saturated rings. The van der Waals surface area contributed by atoms with Gasteiger partial charge in [0.25, 0.3) is 0 Å². The molecule has 0 aliphatic carbocycles.